The first-order valence-electron chi connectivity index (χ1n) is 14.9. The highest BCUT2D eigenvalue weighted by Crippen LogP contribution is 2.53. The largest absolute Gasteiger partial charge is 0.340 e. The Balaban J connectivity index is 1.36. The number of nitrogens with zero attached hydrogens (tertiary/aromatic N) is 2. The van der Waals surface area contributed by atoms with Crippen LogP contribution in [0.3, 0.4) is 0 Å². The summed E-state index contributed by atoms with van der Waals surface area (Å²) in [5.41, 5.74) is 11.9. The van der Waals surface area contributed by atoms with Crippen LogP contribution in [0.1, 0.15) is 84.5 Å². The molecular formula is C36H32N2. The van der Waals surface area contributed by atoms with Crippen molar-refractivity contribution >= 4 is 43.6 Å². The van der Waals surface area contributed by atoms with E-state index in [1.807, 2.05) is 0 Å². The highest BCUT2D eigenvalue weighted by atomic mass is 15.0. The van der Waals surface area contributed by atoms with Gasteiger partial charge in [0, 0.05) is 56.7 Å². The third-order valence-corrected chi connectivity index (χ3v) is 11.1. The summed E-state index contributed by atoms with van der Waals surface area (Å²) < 4.78 is 5.27. The molecule has 10 aliphatic rings. The van der Waals surface area contributed by atoms with Crippen LogP contribution in [0.2, 0.25) is 0 Å². The molecule has 2 heteroatoms. The van der Waals surface area contributed by atoms with Crippen LogP contribution in [0.25, 0.3) is 43.6 Å². The Morgan fingerprint density at radius 3 is 0.947 bits per heavy atom. The van der Waals surface area contributed by atoms with Gasteiger partial charge >= 0.3 is 0 Å². The van der Waals surface area contributed by atoms with E-state index in [4.69, 9.17) is 0 Å². The van der Waals surface area contributed by atoms with E-state index in [-0.39, 0.29) is 0 Å². The molecule has 3 aliphatic carbocycles. The molecule has 38 heavy (non-hydrogen) atoms. The SMILES string of the molecule is c1cc2c3cc1[C@H]1CC[C@H]1c1ccc4c(c1)c1cc5ccc1n4CCCCn2c1ccc(cc31)[C@@H]1CC[C@H]51. The Hall–Kier alpha value is -3.52. The van der Waals surface area contributed by atoms with Gasteiger partial charge in [0.1, 0.15) is 0 Å². The summed E-state index contributed by atoms with van der Waals surface area (Å²) in [6.45, 7) is 2.17. The fourth-order valence-electron chi connectivity index (χ4n) is 8.82. The van der Waals surface area contributed by atoms with Crippen molar-refractivity contribution in [1.82, 2.24) is 9.13 Å². The molecule has 4 aromatic carbocycles. The fourth-order valence-corrected chi connectivity index (χ4v) is 8.82. The van der Waals surface area contributed by atoms with Crippen LogP contribution < -0.4 is 0 Å². The molecule has 0 radical (unpaired) electrons. The first-order chi connectivity index (χ1) is 18.8. The van der Waals surface area contributed by atoms with Crippen molar-refractivity contribution < 1.29 is 0 Å². The van der Waals surface area contributed by atoms with Gasteiger partial charge in [-0.1, -0.05) is 24.3 Å². The smallest absolute Gasteiger partial charge is 0.0491 e. The molecular weight excluding hydrogens is 460 g/mol. The van der Waals surface area contributed by atoms with E-state index in [1.54, 1.807) is 22.3 Å². The van der Waals surface area contributed by atoms with Crippen molar-refractivity contribution in [1.29, 1.82) is 0 Å². The zero-order valence-electron chi connectivity index (χ0n) is 21.8. The lowest BCUT2D eigenvalue weighted by Gasteiger charge is -2.38. The van der Waals surface area contributed by atoms with Gasteiger partial charge in [0.05, 0.1) is 0 Å². The van der Waals surface area contributed by atoms with Gasteiger partial charge in [-0.15, -0.1) is 0 Å². The number of aryl methyl sites for hydroxylation is 2. The average molecular weight is 493 g/mol. The van der Waals surface area contributed by atoms with E-state index in [2.05, 4.69) is 81.9 Å². The summed E-state index contributed by atoms with van der Waals surface area (Å²) in [4.78, 5) is 0. The molecule has 9 heterocycles. The molecule has 6 aromatic rings. The zero-order chi connectivity index (χ0) is 24.5. The van der Waals surface area contributed by atoms with Gasteiger partial charge in [-0.2, -0.15) is 0 Å². The summed E-state index contributed by atoms with van der Waals surface area (Å²) >= 11 is 0. The molecule has 2 fully saturated rings. The number of hydrogen-bond acceptors (Lipinski definition) is 0. The Kier molecular flexibility index (Phi) is 3.83. The van der Waals surface area contributed by atoms with E-state index in [9.17, 15) is 0 Å². The molecule has 186 valence electrons. The quantitative estimate of drug-likeness (QED) is 0.200. The van der Waals surface area contributed by atoms with Gasteiger partial charge in [-0.25, -0.2) is 0 Å². The average Bonchev–Trinajstić information content (AvgIpc) is 3.36. The van der Waals surface area contributed by atoms with Crippen LogP contribution in [0.4, 0.5) is 0 Å². The monoisotopic (exact) mass is 492 g/mol. The second kappa shape index (κ2) is 7.11. The van der Waals surface area contributed by atoms with Gasteiger partial charge in [0.2, 0.25) is 0 Å². The number of rotatable bonds is 0. The fraction of sp³-hybridized carbons (Fsp3) is 0.333. The minimum absolute atomic E-state index is 0.624. The number of aromatic nitrogens is 2. The minimum Gasteiger partial charge on any atom is -0.340 e. The van der Waals surface area contributed by atoms with E-state index < -0.39 is 0 Å². The first-order valence-corrected chi connectivity index (χ1v) is 14.9. The molecule has 7 aliphatic heterocycles. The van der Waals surface area contributed by atoms with Crippen molar-refractivity contribution in [2.24, 2.45) is 0 Å². The molecule has 2 nitrogen and oxygen atoms in total. The molecule has 0 unspecified atom stereocenters. The maximum Gasteiger partial charge on any atom is 0.0491 e. The molecule has 0 N–H and O–H groups in total. The molecule has 0 saturated heterocycles. The lowest BCUT2D eigenvalue weighted by Crippen LogP contribution is -2.22. The third kappa shape index (κ3) is 2.50. The van der Waals surface area contributed by atoms with Crippen molar-refractivity contribution in [3.63, 3.8) is 0 Å². The predicted molar refractivity (Wildman–Crippen MR) is 158 cm³/mol. The van der Waals surface area contributed by atoms with E-state index in [1.165, 1.54) is 82.1 Å². The van der Waals surface area contributed by atoms with E-state index >= 15 is 0 Å². The number of fused-ring (bicyclic) bond motifs is 1. The molecule has 0 spiro atoms. The predicted octanol–water partition coefficient (Wildman–Crippen LogP) is 9.33. The molecule has 4 atom stereocenters. The zero-order valence-corrected chi connectivity index (χ0v) is 21.8. The van der Waals surface area contributed by atoms with E-state index in [0.29, 0.717) is 23.7 Å². The second-order valence-corrected chi connectivity index (χ2v) is 12.7. The molecule has 0 amide bonds. The summed E-state index contributed by atoms with van der Waals surface area (Å²) in [7, 11) is 0. The van der Waals surface area contributed by atoms with Gasteiger partial charge in [-0.05, 0) is 133 Å². The van der Waals surface area contributed by atoms with Gasteiger partial charge in [-0.3, -0.25) is 0 Å². The van der Waals surface area contributed by atoms with Crippen LogP contribution in [0, 0.1) is 0 Å². The topological polar surface area (TPSA) is 9.86 Å². The van der Waals surface area contributed by atoms with Crippen LogP contribution in [0.15, 0.2) is 72.8 Å². The number of benzene rings is 4. The normalized spacial score (nSPS) is 25.6. The second-order valence-electron chi connectivity index (χ2n) is 12.7. The van der Waals surface area contributed by atoms with Gasteiger partial charge < -0.3 is 9.13 Å². The molecule has 16 rings (SSSR count). The van der Waals surface area contributed by atoms with Gasteiger partial charge in [0.15, 0.2) is 0 Å². The standard InChI is InChI=1S/C36H32N2/c1-2-16-38-35-13-5-23-19-31(35)32-20-24(6-14-36(32)38)28-10-8-26(28)22-4-12-34-30(18-22)29-17-21(25-7-9-27(23)25)3-11-33(29)37(34)15-1/h3-6,11-14,17-20,25-28H,1-2,7-10,15-16H2/t25-,26+,27+,28-. The highest BCUT2D eigenvalue weighted by Gasteiger charge is 2.36. The summed E-state index contributed by atoms with van der Waals surface area (Å²) in [5.74, 6) is 2.50. The van der Waals surface area contributed by atoms with Crippen molar-refractivity contribution in [3.05, 3.63) is 95.1 Å². The van der Waals surface area contributed by atoms with Crippen LogP contribution >= 0.6 is 0 Å². The van der Waals surface area contributed by atoms with Crippen LogP contribution in [-0.4, -0.2) is 9.13 Å². The lowest BCUT2D eigenvalue weighted by atomic mass is 9.66. The lowest BCUT2D eigenvalue weighted by molar-refractivity contribution is 0.347. The van der Waals surface area contributed by atoms with Crippen LogP contribution in [0.5, 0.6) is 0 Å². The Labute approximate surface area is 222 Å². The highest BCUT2D eigenvalue weighted by molar-refractivity contribution is 6.09. The summed E-state index contributed by atoms with van der Waals surface area (Å²) in [5, 5.41) is 5.92. The molecule has 14 bridgehead atoms. The van der Waals surface area contributed by atoms with E-state index in [0.717, 1.165) is 13.1 Å². The van der Waals surface area contributed by atoms with Crippen molar-refractivity contribution in [2.45, 2.75) is 75.3 Å². The third-order valence-electron chi connectivity index (χ3n) is 11.1. The maximum atomic E-state index is 2.63. The van der Waals surface area contributed by atoms with Crippen LogP contribution in [-0.2, 0) is 13.1 Å². The van der Waals surface area contributed by atoms with Crippen molar-refractivity contribution in [3.8, 4) is 0 Å². The summed E-state index contributed by atoms with van der Waals surface area (Å²) in [6, 6.07) is 30.0. The Bertz CT molecular complexity index is 1690. The van der Waals surface area contributed by atoms with Gasteiger partial charge in [0.25, 0.3) is 0 Å². The Morgan fingerprint density at radius 2 is 0.684 bits per heavy atom. The number of hydrogen-bond donors (Lipinski definition) is 0. The summed E-state index contributed by atoms with van der Waals surface area (Å²) in [6.07, 6.45) is 7.58. The minimum atomic E-state index is 0.624. The Morgan fingerprint density at radius 1 is 0.395 bits per heavy atom. The first kappa shape index (κ1) is 20.4. The molecule has 2 aromatic heterocycles. The maximum absolute atomic E-state index is 2.63. The molecule has 2 saturated carbocycles. The van der Waals surface area contributed by atoms with Crippen molar-refractivity contribution in [2.75, 3.05) is 0 Å².